The van der Waals surface area contributed by atoms with Gasteiger partial charge in [-0.25, -0.2) is 0 Å². The van der Waals surface area contributed by atoms with E-state index in [0.717, 1.165) is 5.69 Å². The van der Waals surface area contributed by atoms with E-state index in [-0.39, 0.29) is 6.04 Å². The Kier molecular flexibility index (Phi) is 4.65. The van der Waals surface area contributed by atoms with Crippen molar-refractivity contribution in [2.24, 2.45) is 0 Å². The fraction of sp³-hybridized carbons (Fsp3) is 0.462. The molecule has 0 spiro atoms. The maximum atomic E-state index is 8.69. The summed E-state index contributed by atoms with van der Waals surface area (Å²) in [5, 5.41) is 8.69. The standard InChI is InChI=1S/C13H19N3O/c1-4-17-13-9-11(5-6-12(13)15)16(3)10(2)7-8-14/h5-6,9-10H,4,7,15H2,1-3H3. The van der Waals surface area contributed by atoms with Crippen LogP contribution in [0.25, 0.3) is 0 Å². The summed E-state index contributed by atoms with van der Waals surface area (Å²) in [5.74, 6) is 0.695. The van der Waals surface area contributed by atoms with E-state index in [1.165, 1.54) is 0 Å². The molecular weight excluding hydrogens is 214 g/mol. The Morgan fingerprint density at radius 3 is 2.82 bits per heavy atom. The number of nitrogens with two attached hydrogens (primary N) is 1. The number of hydrogen-bond donors (Lipinski definition) is 1. The summed E-state index contributed by atoms with van der Waals surface area (Å²) >= 11 is 0. The molecule has 0 aliphatic carbocycles. The van der Waals surface area contributed by atoms with Crippen molar-refractivity contribution in [2.45, 2.75) is 26.3 Å². The van der Waals surface area contributed by atoms with Gasteiger partial charge in [0, 0.05) is 24.8 Å². The second-order valence-corrected chi connectivity index (χ2v) is 3.98. The van der Waals surface area contributed by atoms with Crippen LogP contribution in [0.2, 0.25) is 0 Å². The number of nitrogens with zero attached hydrogens (tertiary/aromatic N) is 2. The summed E-state index contributed by atoms with van der Waals surface area (Å²) in [7, 11) is 1.96. The van der Waals surface area contributed by atoms with E-state index in [0.29, 0.717) is 24.5 Å². The number of nitrogen functional groups attached to an aromatic ring is 1. The van der Waals surface area contributed by atoms with Gasteiger partial charge in [-0.2, -0.15) is 5.26 Å². The van der Waals surface area contributed by atoms with Crippen LogP contribution in [-0.4, -0.2) is 19.7 Å². The van der Waals surface area contributed by atoms with Crippen molar-refractivity contribution < 1.29 is 4.74 Å². The Bertz CT molecular complexity index is 412. The van der Waals surface area contributed by atoms with Crippen LogP contribution in [0.1, 0.15) is 20.3 Å². The molecule has 0 saturated carbocycles. The molecule has 0 bridgehead atoms. The topological polar surface area (TPSA) is 62.3 Å². The molecule has 1 rings (SSSR count). The first-order valence-electron chi connectivity index (χ1n) is 5.72. The first-order chi connectivity index (χ1) is 8.10. The quantitative estimate of drug-likeness (QED) is 0.793. The van der Waals surface area contributed by atoms with Crippen LogP contribution in [0.4, 0.5) is 11.4 Å². The predicted molar refractivity (Wildman–Crippen MR) is 70.1 cm³/mol. The SMILES string of the molecule is CCOc1cc(N(C)C(C)CC#N)ccc1N. The van der Waals surface area contributed by atoms with E-state index in [1.807, 2.05) is 44.0 Å². The molecule has 1 unspecified atom stereocenters. The van der Waals surface area contributed by atoms with Crippen LogP contribution in [0, 0.1) is 11.3 Å². The highest BCUT2D eigenvalue weighted by molar-refractivity contribution is 5.62. The summed E-state index contributed by atoms with van der Waals surface area (Å²) in [6.45, 7) is 4.53. The molecule has 0 saturated heterocycles. The molecule has 0 radical (unpaired) electrons. The van der Waals surface area contributed by atoms with Crippen LogP contribution >= 0.6 is 0 Å². The first kappa shape index (κ1) is 13.2. The lowest BCUT2D eigenvalue weighted by Crippen LogP contribution is -2.28. The van der Waals surface area contributed by atoms with E-state index >= 15 is 0 Å². The van der Waals surface area contributed by atoms with Gasteiger partial charge in [-0.1, -0.05) is 0 Å². The van der Waals surface area contributed by atoms with E-state index in [2.05, 4.69) is 6.07 Å². The second-order valence-electron chi connectivity index (χ2n) is 3.98. The van der Waals surface area contributed by atoms with Crippen molar-refractivity contribution in [3.05, 3.63) is 18.2 Å². The molecule has 0 heterocycles. The number of ether oxygens (including phenoxy) is 1. The monoisotopic (exact) mass is 233 g/mol. The van der Waals surface area contributed by atoms with Crippen molar-refractivity contribution in [3.63, 3.8) is 0 Å². The highest BCUT2D eigenvalue weighted by atomic mass is 16.5. The fourth-order valence-electron chi connectivity index (χ4n) is 1.55. The molecule has 92 valence electrons. The van der Waals surface area contributed by atoms with Crippen molar-refractivity contribution in [2.75, 3.05) is 24.3 Å². The van der Waals surface area contributed by atoms with Crippen molar-refractivity contribution in [3.8, 4) is 11.8 Å². The Labute approximate surface area is 103 Å². The van der Waals surface area contributed by atoms with Gasteiger partial charge >= 0.3 is 0 Å². The third-order valence-corrected chi connectivity index (χ3v) is 2.75. The number of benzene rings is 1. The largest absolute Gasteiger partial charge is 0.492 e. The molecule has 2 N–H and O–H groups in total. The van der Waals surface area contributed by atoms with Crippen LogP contribution in [0.5, 0.6) is 5.75 Å². The van der Waals surface area contributed by atoms with Gasteiger partial charge in [-0.3, -0.25) is 0 Å². The Balaban J connectivity index is 2.91. The molecule has 17 heavy (non-hydrogen) atoms. The molecule has 0 aliphatic heterocycles. The van der Waals surface area contributed by atoms with Gasteiger partial charge in [0.15, 0.2) is 0 Å². The minimum atomic E-state index is 0.165. The van der Waals surface area contributed by atoms with Gasteiger partial charge in [0.1, 0.15) is 5.75 Å². The maximum Gasteiger partial charge on any atom is 0.144 e. The summed E-state index contributed by atoms with van der Waals surface area (Å²) in [6.07, 6.45) is 0.491. The molecule has 0 amide bonds. The molecule has 0 aliphatic rings. The van der Waals surface area contributed by atoms with Crippen LogP contribution in [-0.2, 0) is 0 Å². The molecule has 1 atom stereocenters. The molecule has 4 nitrogen and oxygen atoms in total. The smallest absolute Gasteiger partial charge is 0.144 e. The molecule has 4 heteroatoms. The predicted octanol–water partition coefficient (Wildman–Crippen LogP) is 2.41. The van der Waals surface area contributed by atoms with Gasteiger partial charge in [-0.05, 0) is 26.0 Å². The minimum absolute atomic E-state index is 0.165. The van der Waals surface area contributed by atoms with E-state index in [9.17, 15) is 0 Å². The van der Waals surface area contributed by atoms with E-state index in [4.69, 9.17) is 15.7 Å². The van der Waals surface area contributed by atoms with Crippen LogP contribution < -0.4 is 15.4 Å². The highest BCUT2D eigenvalue weighted by Crippen LogP contribution is 2.28. The van der Waals surface area contributed by atoms with Gasteiger partial charge in [0.2, 0.25) is 0 Å². The summed E-state index contributed by atoms with van der Waals surface area (Å²) < 4.78 is 5.45. The lowest BCUT2D eigenvalue weighted by atomic mass is 10.2. The average molecular weight is 233 g/mol. The van der Waals surface area contributed by atoms with Gasteiger partial charge in [0.25, 0.3) is 0 Å². The highest BCUT2D eigenvalue weighted by Gasteiger charge is 2.11. The lowest BCUT2D eigenvalue weighted by molar-refractivity contribution is 0.342. The third kappa shape index (κ3) is 3.28. The second kappa shape index (κ2) is 6.00. The van der Waals surface area contributed by atoms with E-state index in [1.54, 1.807) is 0 Å². The zero-order chi connectivity index (χ0) is 12.8. The number of nitriles is 1. The normalized spacial score (nSPS) is 11.6. The average Bonchev–Trinajstić information content (AvgIpc) is 2.31. The Morgan fingerprint density at radius 2 is 2.24 bits per heavy atom. The Morgan fingerprint density at radius 1 is 1.53 bits per heavy atom. The fourth-order valence-corrected chi connectivity index (χ4v) is 1.55. The minimum Gasteiger partial charge on any atom is -0.492 e. The summed E-state index contributed by atoms with van der Waals surface area (Å²) in [4.78, 5) is 2.05. The molecule has 0 aromatic heterocycles. The first-order valence-corrected chi connectivity index (χ1v) is 5.72. The Hall–Kier alpha value is -1.89. The van der Waals surface area contributed by atoms with Crippen LogP contribution in [0.15, 0.2) is 18.2 Å². The van der Waals surface area contributed by atoms with Crippen molar-refractivity contribution in [1.82, 2.24) is 0 Å². The molecule has 1 aromatic rings. The maximum absolute atomic E-state index is 8.69. The zero-order valence-electron chi connectivity index (χ0n) is 10.6. The number of rotatable bonds is 5. The molecule has 0 fully saturated rings. The number of anilines is 2. The zero-order valence-corrected chi connectivity index (χ0v) is 10.6. The molecular formula is C13H19N3O. The molecule has 1 aromatic carbocycles. The van der Waals surface area contributed by atoms with Crippen molar-refractivity contribution in [1.29, 1.82) is 5.26 Å². The van der Waals surface area contributed by atoms with Gasteiger partial charge in [0.05, 0.1) is 24.8 Å². The van der Waals surface area contributed by atoms with Crippen LogP contribution in [0.3, 0.4) is 0 Å². The number of hydrogen-bond acceptors (Lipinski definition) is 4. The lowest BCUT2D eigenvalue weighted by Gasteiger charge is -2.25. The third-order valence-electron chi connectivity index (χ3n) is 2.75. The summed E-state index contributed by atoms with van der Waals surface area (Å²) in [5.41, 5.74) is 7.46. The van der Waals surface area contributed by atoms with Gasteiger partial charge < -0.3 is 15.4 Å². The van der Waals surface area contributed by atoms with Gasteiger partial charge in [-0.15, -0.1) is 0 Å². The van der Waals surface area contributed by atoms with Crippen molar-refractivity contribution >= 4 is 11.4 Å². The summed E-state index contributed by atoms with van der Waals surface area (Å²) in [6, 6.07) is 8.01. The van der Waals surface area contributed by atoms with E-state index < -0.39 is 0 Å².